The van der Waals surface area contributed by atoms with Crippen LogP contribution in [0.4, 0.5) is 0 Å². The molecule has 0 aliphatic carbocycles. The Balaban J connectivity index is 1.45. The Kier molecular flexibility index (Phi) is 5.38. The quantitative estimate of drug-likeness (QED) is 0.802. The molecular weight excluding hydrogens is 406 g/mol. The van der Waals surface area contributed by atoms with Gasteiger partial charge in [-0.05, 0) is 43.2 Å². The molecule has 0 aromatic heterocycles. The third kappa shape index (κ3) is 3.72. The number of fused-ring (bicyclic) bond motifs is 1. The lowest BCUT2D eigenvalue weighted by Gasteiger charge is -2.30. The Bertz CT molecular complexity index is 1110. The minimum atomic E-state index is -3.55. The number of aliphatic imine (C=N–C) groups is 1. The summed E-state index contributed by atoms with van der Waals surface area (Å²) in [6.45, 7) is 1.09. The number of amides is 1. The van der Waals surface area contributed by atoms with E-state index >= 15 is 0 Å². The topological polar surface area (TPSA) is 97.3 Å². The summed E-state index contributed by atoms with van der Waals surface area (Å²) in [5, 5.41) is 0. The van der Waals surface area contributed by atoms with Gasteiger partial charge in [0.2, 0.25) is 0 Å². The Morgan fingerprint density at radius 2 is 1.77 bits per heavy atom. The van der Waals surface area contributed by atoms with E-state index in [1.165, 1.54) is 7.11 Å². The monoisotopic (exact) mass is 429 g/mol. The van der Waals surface area contributed by atoms with Crippen LogP contribution in [-0.2, 0) is 10.0 Å². The highest BCUT2D eigenvalue weighted by atomic mass is 32.2. The largest absolute Gasteiger partial charge is 0.493 e. The number of carbonyl (C=O) groups is 1. The van der Waals surface area contributed by atoms with Crippen LogP contribution in [0.25, 0.3) is 0 Å². The van der Waals surface area contributed by atoms with Crippen molar-refractivity contribution in [2.24, 2.45) is 4.99 Å². The van der Waals surface area contributed by atoms with Crippen molar-refractivity contribution < 1.29 is 22.7 Å². The van der Waals surface area contributed by atoms with Crippen molar-refractivity contribution in [1.29, 1.82) is 0 Å². The number of nitrogens with zero attached hydrogens (tertiary/aromatic N) is 2. The molecule has 158 valence electrons. The summed E-state index contributed by atoms with van der Waals surface area (Å²) < 4.78 is 37.5. The van der Waals surface area contributed by atoms with Crippen molar-refractivity contribution in [2.45, 2.75) is 23.8 Å². The zero-order chi connectivity index (χ0) is 21.3. The van der Waals surface area contributed by atoms with Crippen LogP contribution >= 0.6 is 0 Å². The normalized spacial score (nSPS) is 19.3. The lowest BCUT2D eigenvalue weighted by Crippen LogP contribution is -2.40. The molecule has 0 radical (unpaired) electrons. The van der Waals surface area contributed by atoms with Gasteiger partial charge in [0.15, 0.2) is 11.5 Å². The third-order valence-electron chi connectivity index (χ3n) is 5.36. The molecule has 2 aliphatic heterocycles. The lowest BCUT2D eigenvalue weighted by molar-refractivity contribution is 0.0714. The smallest absolute Gasteiger partial charge is 0.263 e. The van der Waals surface area contributed by atoms with Crippen molar-refractivity contribution in [3.8, 4) is 11.5 Å². The number of benzene rings is 2. The number of carbonyl (C=O) groups excluding carboxylic acids is 1. The summed E-state index contributed by atoms with van der Waals surface area (Å²) in [6, 6.07) is 11.9. The van der Waals surface area contributed by atoms with Crippen molar-refractivity contribution in [3.05, 3.63) is 53.6 Å². The molecule has 2 heterocycles. The van der Waals surface area contributed by atoms with Gasteiger partial charge in [0.05, 0.1) is 25.2 Å². The van der Waals surface area contributed by atoms with E-state index in [0.29, 0.717) is 54.4 Å². The second-order valence-corrected chi connectivity index (χ2v) is 8.82. The molecule has 0 atom stereocenters. The number of sulfonamides is 1. The highest BCUT2D eigenvalue weighted by Gasteiger charge is 2.32. The van der Waals surface area contributed by atoms with Crippen LogP contribution in [0, 0.1) is 0 Å². The Morgan fingerprint density at radius 3 is 2.47 bits per heavy atom. The fraction of sp³-hybridized carbons (Fsp3) is 0.333. The van der Waals surface area contributed by atoms with Gasteiger partial charge in [-0.25, -0.2) is 8.42 Å². The van der Waals surface area contributed by atoms with Crippen LogP contribution in [0.2, 0.25) is 0 Å². The molecule has 2 aliphatic rings. The summed E-state index contributed by atoms with van der Waals surface area (Å²) in [5.74, 6) is 1.39. The van der Waals surface area contributed by atoms with E-state index in [4.69, 9.17) is 9.47 Å². The van der Waals surface area contributed by atoms with E-state index in [9.17, 15) is 13.2 Å². The number of piperidine rings is 1. The molecule has 2 aromatic carbocycles. The van der Waals surface area contributed by atoms with E-state index in [1.807, 2.05) is 0 Å². The molecular formula is C21H23N3O5S. The van der Waals surface area contributed by atoms with Crippen molar-refractivity contribution in [1.82, 2.24) is 9.62 Å². The maximum absolute atomic E-state index is 12.9. The predicted molar refractivity (Wildman–Crippen MR) is 112 cm³/mol. The van der Waals surface area contributed by atoms with Gasteiger partial charge in [-0.3, -0.25) is 14.5 Å². The van der Waals surface area contributed by atoms with Gasteiger partial charge < -0.3 is 14.4 Å². The van der Waals surface area contributed by atoms with Crippen LogP contribution < -0.4 is 14.2 Å². The van der Waals surface area contributed by atoms with Crippen LogP contribution in [0.5, 0.6) is 11.5 Å². The summed E-state index contributed by atoms with van der Waals surface area (Å²) in [4.78, 5) is 19.5. The molecule has 0 saturated carbocycles. The standard InChI is InChI=1S/C21H23N3O5S/c1-28-17-8-7-14(13-18(17)29-2)21(25)24-11-9-15(10-12-24)22-20-16-5-3-4-6-19(16)30(26,27)23-20/h3-8,13,15H,9-12H2,1-2H3,(H,22,23). The van der Waals surface area contributed by atoms with Crippen LogP contribution in [-0.4, -0.2) is 58.4 Å². The molecule has 8 nitrogen and oxygen atoms in total. The van der Waals surface area contributed by atoms with E-state index in [2.05, 4.69) is 9.71 Å². The first-order valence-corrected chi connectivity index (χ1v) is 11.1. The predicted octanol–water partition coefficient (Wildman–Crippen LogP) is 2.05. The minimum absolute atomic E-state index is 0.0525. The third-order valence-corrected chi connectivity index (χ3v) is 6.75. The molecule has 2 aromatic rings. The number of hydrogen-bond donors (Lipinski definition) is 1. The zero-order valence-corrected chi connectivity index (χ0v) is 17.6. The highest BCUT2D eigenvalue weighted by molar-refractivity contribution is 7.90. The Hall–Kier alpha value is -3.07. The molecule has 0 bridgehead atoms. The first kappa shape index (κ1) is 20.2. The first-order valence-electron chi connectivity index (χ1n) is 9.64. The van der Waals surface area contributed by atoms with Crippen LogP contribution in [0.3, 0.4) is 0 Å². The molecule has 1 amide bonds. The molecule has 9 heteroatoms. The summed E-state index contributed by atoms with van der Waals surface area (Å²) in [7, 11) is -0.462. The van der Waals surface area contributed by atoms with Gasteiger partial charge in [0.25, 0.3) is 15.9 Å². The number of rotatable bonds is 4. The number of methoxy groups -OCH3 is 2. The van der Waals surface area contributed by atoms with Gasteiger partial charge in [0, 0.05) is 24.2 Å². The van der Waals surface area contributed by atoms with Crippen LogP contribution in [0.1, 0.15) is 28.8 Å². The number of amidine groups is 1. The van der Waals surface area contributed by atoms with Crippen molar-refractivity contribution in [2.75, 3.05) is 27.3 Å². The fourth-order valence-electron chi connectivity index (χ4n) is 3.76. The fourth-order valence-corrected chi connectivity index (χ4v) is 5.00. The Morgan fingerprint density at radius 1 is 1.07 bits per heavy atom. The molecule has 1 saturated heterocycles. The first-order chi connectivity index (χ1) is 14.4. The molecule has 0 spiro atoms. The average Bonchev–Trinajstić information content (AvgIpc) is 3.03. The SMILES string of the molecule is COc1ccc(C(=O)N2CCC(N=C3NS(=O)(=O)c4ccccc43)CC2)cc1OC. The van der Waals surface area contributed by atoms with E-state index < -0.39 is 10.0 Å². The second kappa shape index (κ2) is 7.98. The number of ether oxygens (including phenoxy) is 2. The van der Waals surface area contributed by atoms with Gasteiger partial charge in [0.1, 0.15) is 5.84 Å². The summed E-state index contributed by atoms with van der Waals surface area (Å²) in [6.07, 6.45) is 1.32. The van der Waals surface area contributed by atoms with Gasteiger partial charge >= 0.3 is 0 Å². The molecule has 30 heavy (non-hydrogen) atoms. The minimum Gasteiger partial charge on any atom is -0.493 e. The molecule has 1 fully saturated rings. The highest BCUT2D eigenvalue weighted by Crippen LogP contribution is 2.29. The molecule has 1 N–H and O–H groups in total. The maximum Gasteiger partial charge on any atom is 0.263 e. The van der Waals surface area contributed by atoms with E-state index in [1.54, 1.807) is 54.5 Å². The van der Waals surface area contributed by atoms with Gasteiger partial charge in [-0.2, -0.15) is 0 Å². The zero-order valence-electron chi connectivity index (χ0n) is 16.8. The number of nitrogens with one attached hydrogen (secondary N) is 1. The molecule has 0 unspecified atom stereocenters. The van der Waals surface area contributed by atoms with Crippen molar-refractivity contribution >= 4 is 21.8 Å². The second-order valence-electron chi connectivity index (χ2n) is 7.17. The number of hydrogen-bond acceptors (Lipinski definition) is 6. The maximum atomic E-state index is 12.9. The molecule has 4 rings (SSSR count). The summed E-state index contributed by atoms with van der Waals surface area (Å²) in [5.41, 5.74) is 1.14. The van der Waals surface area contributed by atoms with Crippen LogP contribution in [0.15, 0.2) is 52.4 Å². The number of likely N-dealkylation sites (tertiary alicyclic amines) is 1. The Labute approximate surface area is 175 Å². The summed E-state index contributed by atoms with van der Waals surface area (Å²) >= 11 is 0. The lowest BCUT2D eigenvalue weighted by atomic mass is 10.0. The van der Waals surface area contributed by atoms with E-state index in [0.717, 1.165) is 0 Å². The van der Waals surface area contributed by atoms with Gasteiger partial charge in [-0.15, -0.1) is 0 Å². The van der Waals surface area contributed by atoms with E-state index in [-0.39, 0.29) is 16.8 Å². The van der Waals surface area contributed by atoms with Gasteiger partial charge in [-0.1, -0.05) is 12.1 Å². The van der Waals surface area contributed by atoms with Crippen molar-refractivity contribution in [3.63, 3.8) is 0 Å². The average molecular weight is 429 g/mol.